The molecule has 3 rings (SSSR count). The number of benzene rings is 2. The van der Waals surface area contributed by atoms with Crippen LogP contribution >= 0.6 is 15.9 Å². The molecule has 3 aromatic rings. The third-order valence-electron chi connectivity index (χ3n) is 3.97. The lowest BCUT2D eigenvalue weighted by Crippen LogP contribution is -2.20. The third kappa shape index (κ3) is 4.68. The summed E-state index contributed by atoms with van der Waals surface area (Å²) in [7, 11) is 0. The Morgan fingerprint density at radius 3 is 2.68 bits per heavy atom. The molecule has 0 radical (unpaired) electrons. The summed E-state index contributed by atoms with van der Waals surface area (Å²) in [6.07, 6.45) is 2.72. The number of nitrogens with one attached hydrogen (secondary N) is 1. The van der Waals surface area contributed by atoms with Crippen LogP contribution in [0.4, 0.5) is 5.69 Å². The van der Waals surface area contributed by atoms with Gasteiger partial charge in [0.05, 0.1) is 17.7 Å². The topological polar surface area (TPSA) is 102 Å². The van der Waals surface area contributed by atoms with Gasteiger partial charge < -0.3 is 0 Å². The Labute approximate surface area is 169 Å². The fourth-order valence-corrected chi connectivity index (χ4v) is 2.77. The van der Waals surface area contributed by atoms with Gasteiger partial charge in [-0.05, 0) is 35.7 Å². The number of carbonyl (C=O) groups excluding carboxylic acids is 1. The van der Waals surface area contributed by atoms with Crippen molar-refractivity contribution in [3.63, 3.8) is 0 Å². The molecule has 9 heteroatoms. The van der Waals surface area contributed by atoms with Crippen LogP contribution in [-0.4, -0.2) is 26.8 Å². The highest BCUT2D eigenvalue weighted by Gasteiger charge is 2.25. The van der Waals surface area contributed by atoms with E-state index >= 15 is 0 Å². The van der Waals surface area contributed by atoms with Crippen LogP contribution in [0.25, 0.3) is 0 Å². The molecule has 28 heavy (non-hydrogen) atoms. The largest absolute Gasteiger partial charge is 0.320 e. The average Bonchev–Trinajstić information content (AvgIpc) is 3.09. The second-order valence-electron chi connectivity index (χ2n) is 6.00. The summed E-state index contributed by atoms with van der Waals surface area (Å²) in [6.45, 7) is 2.21. The second kappa shape index (κ2) is 8.57. The summed E-state index contributed by atoms with van der Waals surface area (Å²) < 4.78 is 2.29. The molecule has 0 aliphatic carbocycles. The van der Waals surface area contributed by atoms with E-state index in [0.29, 0.717) is 6.54 Å². The highest BCUT2D eigenvalue weighted by molar-refractivity contribution is 9.10. The van der Waals surface area contributed by atoms with Crippen molar-refractivity contribution in [2.45, 2.75) is 13.5 Å². The van der Waals surface area contributed by atoms with E-state index in [1.807, 2.05) is 55.5 Å². The minimum atomic E-state index is -0.744. The van der Waals surface area contributed by atoms with Crippen LogP contribution in [-0.2, 0) is 6.54 Å². The Morgan fingerprint density at radius 1 is 1.29 bits per heavy atom. The molecule has 0 spiro atoms. The smallest absolute Gasteiger partial charge is 0.265 e. The molecule has 142 valence electrons. The lowest BCUT2D eigenvalue weighted by molar-refractivity contribution is -0.385. The van der Waals surface area contributed by atoms with Crippen LogP contribution in [0.2, 0.25) is 0 Å². The maximum Gasteiger partial charge on any atom is 0.320 e. The summed E-state index contributed by atoms with van der Waals surface area (Å²) >= 11 is 3.35. The molecule has 0 aliphatic heterocycles. The van der Waals surface area contributed by atoms with Crippen molar-refractivity contribution in [2.75, 3.05) is 0 Å². The van der Waals surface area contributed by atoms with Gasteiger partial charge >= 0.3 is 5.69 Å². The summed E-state index contributed by atoms with van der Waals surface area (Å²) in [5, 5.41) is 19.3. The summed E-state index contributed by atoms with van der Waals surface area (Å²) in [4.78, 5) is 23.0. The number of nitrogens with zero attached hydrogens (tertiary/aromatic N) is 4. The Balaban J connectivity index is 1.77. The van der Waals surface area contributed by atoms with Crippen LogP contribution in [0.5, 0.6) is 0 Å². The number of hydrazone groups is 1. The van der Waals surface area contributed by atoms with Crippen molar-refractivity contribution in [3.8, 4) is 0 Å². The maximum absolute atomic E-state index is 12.3. The number of halogens is 1. The first-order valence-corrected chi connectivity index (χ1v) is 9.08. The highest BCUT2D eigenvalue weighted by Crippen LogP contribution is 2.18. The van der Waals surface area contributed by atoms with Crippen LogP contribution in [0, 0.1) is 17.0 Å². The Hall–Kier alpha value is -3.33. The van der Waals surface area contributed by atoms with Crippen molar-refractivity contribution < 1.29 is 9.72 Å². The molecule has 1 N–H and O–H groups in total. The Kier molecular flexibility index (Phi) is 5.95. The normalized spacial score (nSPS) is 10.9. The molecule has 0 saturated carbocycles. The van der Waals surface area contributed by atoms with Crippen molar-refractivity contribution in [3.05, 3.63) is 91.7 Å². The standard InChI is InChI=1S/C19H16BrN5O3/c1-13-4-2-3-5-15(13)10-21-22-19(26)18-17(25(27)28)12-24(23-18)11-14-6-8-16(20)9-7-14/h2-10,12H,11H2,1H3,(H,22,26). The molecule has 0 saturated heterocycles. The van der Waals surface area contributed by atoms with Crippen LogP contribution in [0.1, 0.15) is 27.2 Å². The van der Waals surface area contributed by atoms with Gasteiger partial charge in [-0.15, -0.1) is 0 Å². The van der Waals surface area contributed by atoms with Crippen molar-refractivity contribution in [1.29, 1.82) is 0 Å². The Bertz CT molecular complexity index is 1040. The molecular weight excluding hydrogens is 426 g/mol. The van der Waals surface area contributed by atoms with Gasteiger partial charge in [0.15, 0.2) is 0 Å². The molecule has 2 aromatic carbocycles. The molecule has 1 aromatic heterocycles. The van der Waals surface area contributed by atoms with E-state index in [1.54, 1.807) is 0 Å². The van der Waals surface area contributed by atoms with Crippen LogP contribution < -0.4 is 5.43 Å². The number of aryl methyl sites for hydroxylation is 1. The van der Waals surface area contributed by atoms with E-state index in [9.17, 15) is 14.9 Å². The van der Waals surface area contributed by atoms with E-state index in [0.717, 1.165) is 21.2 Å². The number of hydrogen-bond donors (Lipinski definition) is 1. The molecule has 0 fully saturated rings. The van der Waals surface area contributed by atoms with Gasteiger partial charge in [0.25, 0.3) is 5.91 Å². The molecule has 1 amide bonds. The van der Waals surface area contributed by atoms with Gasteiger partial charge in [0, 0.05) is 4.47 Å². The quantitative estimate of drug-likeness (QED) is 0.358. The van der Waals surface area contributed by atoms with Gasteiger partial charge in [-0.2, -0.15) is 10.2 Å². The molecule has 0 atom stereocenters. The molecule has 0 bridgehead atoms. The first-order chi connectivity index (χ1) is 13.4. The highest BCUT2D eigenvalue weighted by atomic mass is 79.9. The first-order valence-electron chi connectivity index (χ1n) is 8.29. The van der Waals surface area contributed by atoms with Crippen LogP contribution in [0.15, 0.2) is 64.3 Å². The summed E-state index contributed by atoms with van der Waals surface area (Å²) in [5.74, 6) is -0.744. The lowest BCUT2D eigenvalue weighted by atomic mass is 10.1. The third-order valence-corrected chi connectivity index (χ3v) is 4.50. The molecule has 0 aliphatic rings. The fourth-order valence-electron chi connectivity index (χ4n) is 2.51. The zero-order valence-corrected chi connectivity index (χ0v) is 16.5. The molecule has 1 heterocycles. The maximum atomic E-state index is 12.3. The molecule has 0 unspecified atom stereocenters. The number of rotatable bonds is 6. The van der Waals surface area contributed by atoms with Gasteiger partial charge in [-0.3, -0.25) is 19.6 Å². The minimum Gasteiger partial charge on any atom is -0.265 e. The van der Waals surface area contributed by atoms with Gasteiger partial charge in [-0.1, -0.05) is 52.3 Å². The number of amides is 1. The lowest BCUT2D eigenvalue weighted by Gasteiger charge is -2.01. The molecular formula is C19H16BrN5O3. The first kappa shape index (κ1) is 19.4. The minimum absolute atomic E-state index is 0.288. The van der Waals surface area contributed by atoms with E-state index in [1.165, 1.54) is 17.1 Å². The van der Waals surface area contributed by atoms with Crippen molar-refractivity contribution in [2.24, 2.45) is 5.10 Å². The van der Waals surface area contributed by atoms with E-state index < -0.39 is 10.8 Å². The average molecular weight is 442 g/mol. The van der Waals surface area contributed by atoms with Crippen molar-refractivity contribution >= 4 is 33.7 Å². The zero-order chi connectivity index (χ0) is 20.1. The fraction of sp³-hybridized carbons (Fsp3) is 0.105. The zero-order valence-electron chi connectivity index (χ0n) is 14.9. The van der Waals surface area contributed by atoms with Gasteiger partial charge in [0.1, 0.15) is 6.20 Å². The second-order valence-corrected chi connectivity index (χ2v) is 6.92. The van der Waals surface area contributed by atoms with Crippen molar-refractivity contribution in [1.82, 2.24) is 15.2 Å². The molecule has 8 nitrogen and oxygen atoms in total. The van der Waals surface area contributed by atoms with E-state index in [-0.39, 0.29) is 11.4 Å². The number of aromatic nitrogens is 2. The summed E-state index contributed by atoms with van der Waals surface area (Å²) in [6, 6.07) is 15.0. The van der Waals surface area contributed by atoms with Gasteiger partial charge in [0.2, 0.25) is 5.69 Å². The Morgan fingerprint density at radius 2 is 2.00 bits per heavy atom. The SMILES string of the molecule is Cc1ccccc1C=NNC(=O)c1nn(Cc2ccc(Br)cc2)cc1[N+](=O)[O-]. The van der Waals surface area contributed by atoms with E-state index in [4.69, 9.17) is 0 Å². The predicted molar refractivity (Wildman–Crippen MR) is 108 cm³/mol. The number of nitro groups is 1. The van der Waals surface area contributed by atoms with Gasteiger partial charge in [-0.25, -0.2) is 5.43 Å². The summed E-state index contributed by atoms with van der Waals surface area (Å²) in [5.41, 5.74) is 4.35. The predicted octanol–water partition coefficient (Wildman–Crippen LogP) is 3.67. The monoisotopic (exact) mass is 441 g/mol. The number of carbonyl (C=O) groups is 1. The number of hydrogen-bond acceptors (Lipinski definition) is 5. The van der Waals surface area contributed by atoms with Crippen LogP contribution in [0.3, 0.4) is 0 Å². The van der Waals surface area contributed by atoms with E-state index in [2.05, 4.69) is 31.6 Å².